The molecule has 2 N–H and O–H groups in total. The van der Waals surface area contributed by atoms with E-state index in [2.05, 4.69) is 53.0 Å². The zero-order valence-corrected chi connectivity index (χ0v) is 13.6. The monoisotopic (exact) mass is 324 g/mol. The summed E-state index contributed by atoms with van der Waals surface area (Å²) >= 11 is 3.57. The summed E-state index contributed by atoms with van der Waals surface area (Å²) < 4.78 is 1.17. The molecule has 1 saturated carbocycles. The van der Waals surface area contributed by atoms with E-state index in [1.54, 1.807) is 0 Å². The van der Waals surface area contributed by atoms with Crippen LogP contribution in [0.1, 0.15) is 49.3 Å². The van der Waals surface area contributed by atoms with Crippen molar-refractivity contribution in [2.24, 2.45) is 5.73 Å². The highest BCUT2D eigenvalue weighted by molar-refractivity contribution is 9.10. The molecule has 0 aliphatic heterocycles. The molecule has 0 aromatic heterocycles. The van der Waals surface area contributed by atoms with Crippen molar-refractivity contribution in [2.45, 2.75) is 51.1 Å². The Hall–Kier alpha value is -0.380. The molecule has 19 heavy (non-hydrogen) atoms. The molecule has 0 spiro atoms. The molecule has 2 nitrogen and oxygen atoms in total. The van der Waals surface area contributed by atoms with Crippen LogP contribution in [-0.4, -0.2) is 24.5 Å². The number of hydrogen-bond donors (Lipinski definition) is 1. The van der Waals surface area contributed by atoms with Crippen LogP contribution >= 0.6 is 15.9 Å². The molecule has 1 fully saturated rings. The molecule has 0 radical (unpaired) electrons. The summed E-state index contributed by atoms with van der Waals surface area (Å²) in [7, 11) is 2.24. The number of nitrogens with zero attached hydrogens (tertiary/aromatic N) is 1. The summed E-state index contributed by atoms with van der Waals surface area (Å²) in [4.78, 5) is 2.50. The SMILES string of the molecule is Cc1cc(C(CN)N(C)C2CCCCC2)ccc1Br. The van der Waals surface area contributed by atoms with Crippen LogP contribution in [0, 0.1) is 6.92 Å². The molecule has 1 unspecified atom stereocenters. The third kappa shape index (κ3) is 3.59. The maximum absolute atomic E-state index is 6.05. The summed E-state index contributed by atoms with van der Waals surface area (Å²) in [6.45, 7) is 2.83. The van der Waals surface area contributed by atoms with Crippen molar-refractivity contribution in [3.05, 3.63) is 33.8 Å². The second-order valence-corrected chi connectivity index (χ2v) is 6.57. The first-order valence-electron chi connectivity index (χ1n) is 7.31. The topological polar surface area (TPSA) is 29.3 Å². The minimum Gasteiger partial charge on any atom is -0.329 e. The Morgan fingerprint density at radius 2 is 2.00 bits per heavy atom. The average Bonchev–Trinajstić information content (AvgIpc) is 2.44. The van der Waals surface area contributed by atoms with Gasteiger partial charge in [-0.25, -0.2) is 0 Å². The van der Waals surface area contributed by atoms with E-state index in [1.807, 2.05) is 0 Å². The fraction of sp³-hybridized carbons (Fsp3) is 0.625. The molecule has 1 aliphatic carbocycles. The summed E-state index contributed by atoms with van der Waals surface area (Å²) in [5, 5.41) is 0. The van der Waals surface area contributed by atoms with E-state index in [0.717, 1.165) is 0 Å². The number of likely N-dealkylation sites (N-methyl/N-ethyl adjacent to an activating group) is 1. The van der Waals surface area contributed by atoms with Gasteiger partial charge in [0, 0.05) is 23.1 Å². The van der Waals surface area contributed by atoms with Crippen LogP contribution in [0.4, 0.5) is 0 Å². The molecule has 2 rings (SSSR count). The summed E-state index contributed by atoms with van der Waals surface area (Å²) in [6.07, 6.45) is 6.78. The second kappa shape index (κ2) is 6.87. The fourth-order valence-electron chi connectivity index (χ4n) is 3.16. The molecule has 0 saturated heterocycles. The lowest BCUT2D eigenvalue weighted by molar-refractivity contribution is 0.140. The molecular formula is C16H25BrN2. The van der Waals surface area contributed by atoms with Gasteiger partial charge in [0.15, 0.2) is 0 Å². The molecule has 1 aromatic rings. The maximum Gasteiger partial charge on any atom is 0.0470 e. The molecule has 106 valence electrons. The predicted octanol–water partition coefficient (Wildman–Crippen LogP) is 4.02. The van der Waals surface area contributed by atoms with E-state index < -0.39 is 0 Å². The number of hydrogen-bond acceptors (Lipinski definition) is 2. The lowest BCUT2D eigenvalue weighted by atomic mass is 9.92. The fourth-order valence-corrected chi connectivity index (χ4v) is 3.40. The van der Waals surface area contributed by atoms with Gasteiger partial charge in [0.1, 0.15) is 0 Å². The zero-order chi connectivity index (χ0) is 13.8. The maximum atomic E-state index is 6.05. The number of benzene rings is 1. The molecule has 1 aromatic carbocycles. The highest BCUT2D eigenvalue weighted by Gasteiger charge is 2.24. The third-order valence-corrected chi connectivity index (χ3v) is 5.32. The standard InChI is InChI=1S/C16H25BrN2/c1-12-10-13(8-9-15(12)17)16(11-18)19(2)14-6-4-3-5-7-14/h8-10,14,16H,3-7,11,18H2,1-2H3. The van der Waals surface area contributed by atoms with Gasteiger partial charge in [-0.1, -0.05) is 47.3 Å². The zero-order valence-electron chi connectivity index (χ0n) is 12.0. The molecule has 0 amide bonds. The smallest absolute Gasteiger partial charge is 0.0470 e. The quantitative estimate of drug-likeness (QED) is 0.906. The number of nitrogens with two attached hydrogens (primary N) is 1. The minimum atomic E-state index is 0.342. The predicted molar refractivity (Wildman–Crippen MR) is 85.3 cm³/mol. The Morgan fingerprint density at radius 1 is 1.32 bits per heavy atom. The van der Waals surface area contributed by atoms with Gasteiger partial charge in [0.05, 0.1) is 0 Å². The summed E-state index contributed by atoms with van der Waals surface area (Å²) in [6, 6.07) is 7.65. The van der Waals surface area contributed by atoms with Crippen molar-refractivity contribution >= 4 is 15.9 Å². The van der Waals surface area contributed by atoms with Gasteiger partial charge in [-0.3, -0.25) is 4.90 Å². The van der Waals surface area contributed by atoms with Crippen molar-refractivity contribution in [2.75, 3.05) is 13.6 Å². The summed E-state index contributed by atoms with van der Waals surface area (Å²) in [5.41, 5.74) is 8.68. The van der Waals surface area contributed by atoms with Gasteiger partial charge in [-0.15, -0.1) is 0 Å². The number of halogens is 1. The Balaban J connectivity index is 2.15. The van der Waals surface area contributed by atoms with E-state index in [1.165, 1.54) is 47.7 Å². The van der Waals surface area contributed by atoms with E-state index in [0.29, 0.717) is 18.6 Å². The van der Waals surface area contributed by atoms with Crippen LogP contribution in [0.3, 0.4) is 0 Å². The van der Waals surface area contributed by atoms with Crippen LogP contribution < -0.4 is 5.73 Å². The summed E-state index contributed by atoms with van der Waals surface area (Å²) in [5.74, 6) is 0. The largest absolute Gasteiger partial charge is 0.329 e. The Kier molecular flexibility index (Phi) is 5.43. The Bertz CT molecular complexity index is 413. The van der Waals surface area contributed by atoms with Crippen molar-refractivity contribution in [3.8, 4) is 0 Å². The molecule has 1 atom stereocenters. The van der Waals surface area contributed by atoms with Crippen LogP contribution in [0.25, 0.3) is 0 Å². The average molecular weight is 325 g/mol. The van der Waals surface area contributed by atoms with Gasteiger partial charge < -0.3 is 5.73 Å². The van der Waals surface area contributed by atoms with E-state index in [9.17, 15) is 0 Å². The molecule has 0 heterocycles. The Morgan fingerprint density at radius 3 is 2.58 bits per heavy atom. The van der Waals surface area contributed by atoms with E-state index >= 15 is 0 Å². The first kappa shape index (κ1) is 15.0. The molecule has 3 heteroatoms. The lowest BCUT2D eigenvalue weighted by Gasteiger charge is -2.37. The van der Waals surface area contributed by atoms with E-state index in [4.69, 9.17) is 5.73 Å². The van der Waals surface area contributed by atoms with E-state index in [-0.39, 0.29) is 0 Å². The van der Waals surface area contributed by atoms with Gasteiger partial charge in [0.25, 0.3) is 0 Å². The highest BCUT2D eigenvalue weighted by Crippen LogP contribution is 2.30. The third-order valence-electron chi connectivity index (χ3n) is 4.43. The molecular weight excluding hydrogens is 300 g/mol. The van der Waals surface area contributed by atoms with Gasteiger partial charge >= 0.3 is 0 Å². The van der Waals surface area contributed by atoms with Crippen molar-refractivity contribution < 1.29 is 0 Å². The Labute approximate surface area is 125 Å². The molecule has 1 aliphatic rings. The van der Waals surface area contributed by atoms with Crippen LogP contribution in [-0.2, 0) is 0 Å². The number of aryl methyl sites for hydroxylation is 1. The molecule has 0 bridgehead atoms. The minimum absolute atomic E-state index is 0.342. The normalized spacial score (nSPS) is 18.8. The van der Waals surface area contributed by atoms with Crippen molar-refractivity contribution in [1.82, 2.24) is 4.90 Å². The van der Waals surface area contributed by atoms with Crippen LogP contribution in [0.15, 0.2) is 22.7 Å². The first-order chi connectivity index (χ1) is 9.13. The van der Waals surface area contributed by atoms with Gasteiger partial charge in [0.2, 0.25) is 0 Å². The van der Waals surface area contributed by atoms with Crippen LogP contribution in [0.2, 0.25) is 0 Å². The van der Waals surface area contributed by atoms with Crippen molar-refractivity contribution in [3.63, 3.8) is 0 Å². The second-order valence-electron chi connectivity index (χ2n) is 5.72. The van der Waals surface area contributed by atoms with Gasteiger partial charge in [-0.2, -0.15) is 0 Å². The van der Waals surface area contributed by atoms with Crippen molar-refractivity contribution in [1.29, 1.82) is 0 Å². The lowest BCUT2D eigenvalue weighted by Crippen LogP contribution is -2.39. The number of rotatable bonds is 4. The highest BCUT2D eigenvalue weighted by atomic mass is 79.9. The first-order valence-corrected chi connectivity index (χ1v) is 8.11. The van der Waals surface area contributed by atoms with Gasteiger partial charge in [-0.05, 0) is 44.0 Å². The van der Waals surface area contributed by atoms with Crippen LogP contribution in [0.5, 0.6) is 0 Å².